The van der Waals surface area contributed by atoms with Crippen LogP contribution in [-0.4, -0.2) is 48.6 Å². The molecule has 0 atom stereocenters. The number of carbonyl (C=O) groups excluding carboxylic acids is 2. The number of ether oxygens (including phenoxy) is 1. The van der Waals surface area contributed by atoms with Gasteiger partial charge in [-0.15, -0.1) is 0 Å². The van der Waals surface area contributed by atoms with E-state index in [1.807, 2.05) is 40.1 Å². The predicted molar refractivity (Wildman–Crippen MR) is 95.3 cm³/mol. The van der Waals surface area contributed by atoms with Crippen LogP contribution >= 0.6 is 0 Å². The number of likely N-dealkylation sites (tertiary alicyclic amines) is 1. The van der Waals surface area contributed by atoms with Crippen LogP contribution in [0, 0.1) is 5.92 Å². The van der Waals surface area contributed by atoms with Gasteiger partial charge in [0.25, 0.3) is 5.91 Å². The van der Waals surface area contributed by atoms with Crippen molar-refractivity contribution >= 4 is 17.5 Å². The largest absolute Gasteiger partial charge is 0.363 e. The number of para-hydroxylation sites is 1. The van der Waals surface area contributed by atoms with Crippen molar-refractivity contribution in [3.8, 4) is 0 Å². The third-order valence-electron chi connectivity index (χ3n) is 6.01. The van der Waals surface area contributed by atoms with E-state index < -0.39 is 0 Å². The summed E-state index contributed by atoms with van der Waals surface area (Å²) in [6, 6.07) is 9.80. The summed E-state index contributed by atoms with van der Waals surface area (Å²) in [6.45, 7) is 2.20. The zero-order valence-electron chi connectivity index (χ0n) is 14.7. The van der Waals surface area contributed by atoms with Crippen LogP contribution in [0.1, 0.15) is 38.5 Å². The van der Waals surface area contributed by atoms with E-state index in [-0.39, 0.29) is 24.0 Å². The highest BCUT2D eigenvalue weighted by molar-refractivity contribution is 5.95. The molecule has 0 bridgehead atoms. The number of hydrogen-bond donors (Lipinski definition) is 0. The lowest BCUT2D eigenvalue weighted by Gasteiger charge is -2.47. The lowest BCUT2D eigenvalue weighted by molar-refractivity contribution is -0.152. The Labute approximate surface area is 148 Å². The summed E-state index contributed by atoms with van der Waals surface area (Å²) < 4.78 is 5.99. The van der Waals surface area contributed by atoms with Gasteiger partial charge in [-0.3, -0.25) is 9.59 Å². The smallest absolute Gasteiger partial charge is 0.253 e. The quantitative estimate of drug-likeness (QED) is 0.830. The average Bonchev–Trinajstić information content (AvgIpc) is 3.20. The SMILES string of the molecule is O=C(C1CCCC1)N1CCC2(CC1)CN(c1ccccc1)C(=O)CO2. The van der Waals surface area contributed by atoms with Crippen LogP contribution in [0.3, 0.4) is 0 Å². The van der Waals surface area contributed by atoms with Crippen LogP contribution in [0.25, 0.3) is 0 Å². The fourth-order valence-electron chi connectivity index (χ4n) is 4.43. The van der Waals surface area contributed by atoms with E-state index in [9.17, 15) is 9.59 Å². The maximum absolute atomic E-state index is 12.6. The molecular weight excluding hydrogens is 316 g/mol. The van der Waals surface area contributed by atoms with Crippen LogP contribution in [0.4, 0.5) is 5.69 Å². The minimum absolute atomic E-state index is 0.0151. The zero-order chi connectivity index (χ0) is 17.3. The summed E-state index contributed by atoms with van der Waals surface area (Å²) >= 11 is 0. The molecule has 0 unspecified atom stereocenters. The van der Waals surface area contributed by atoms with Gasteiger partial charge in [-0.25, -0.2) is 0 Å². The summed E-state index contributed by atoms with van der Waals surface area (Å²) in [5.41, 5.74) is 0.621. The summed E-state index contributed by atoms with van der Waals surface area (Å²) in [7, 11) is 0. The van der Waals surface area contributed by atoms with Crippen molar-refractivity contribution in [1.29, 1.82) is 0 Å². The minimum Gasteiger partial charge on any atom is -0.363 e. The van der Waals surface area contributed by atoms with Crippen molar-refractivity contribution in [3.63, 3.8) is 0 Å². The van der Waals surface area contributed by atoms with E-state index >= 15 is 0 Å². The van der Waals surface area contributed by atoms with Crippen molar-refractivity contribution in [1.82, 2.24) is 4.90 Å². The Kier molecular flexibility index (Phi) is 4.50. The molecule has 2 saturated heterocycles. The van der Waals surface area contributed by atoms with E-state index in [1.54, 1.807) is 0 Å². The first-order valence-corrected chi connectivity index (χ1v) is 9.45. The van der Waals surface area contributed by atoms with Gasteiger partial charge >= 0.3 is 0 Å². The van der Waals surface area contributed by atoms with Gasteiger partial charge in [0.05, 0.1) is 12.1 Å². The molecule has 3 fully saturated rings. The Balaban J connectivity index is 1.41. The standard InChI is InChI=1S/C20H26N2O3/c23-18-14-25-20(15-22(18)17-8-2-1-3-9-17)10-12-21(13-11-20)19(24)16-6-4-5-7-16/h1-3,8-9,16H,4-7,10-15H2. The molecule has 0 radical (unpaired) electrons. The van der Waals surface area contributed by atoms with Gasteiger partial charge in [0.15, 0.2) is 0 Å². The number of nitrogens with zero attached hydrogens (tertiary/aromatic N) is 2. The Bertz CT molecular complexity index is 632. The van der Waals surface area contributed by atoms with E-state index in [2.05, 4.69) is 0 Å². The highest BCUT2D eigenvalue weighted by Gasteiger charge is 2.44. The molecule has 134 valence electrons. The molecule has 1 spiro atoms. The van der Waals surface area contributed by atoms with Gasteiger partial charge in [0.2, 0.25) is 5.91 Å². The number of carbonyl (C=O) groups is 2. The Morgan fingerprint density at radius 3 is 2.44 bits per heavy atom. The molecule has 3 aliphatic rings. The molecule has 2 heterocycles. The Morgan fingerprint density at radius 2 is 1.76 bits per heavy atom. The predicted octanol–water partition coefficient (Wildman–Crippen LogP) is 2.60. The Morgan fingerprint density at radius 1 is 1.08 bits per heavy atom. The number of anilines is 1. The lowest BCUT2D eigenvalue weighted by Crippen LogP contribution is -2.59. The topological polar surface area (TPSA) is 49.9 Å². The maximum Gasteiger partial charge on any atom is 0.253 e. The highest BCUT2D eigenvalue weighted by atomic mass is 16.5. The third-order valence-corrected chi connectivity index (χ3v) is 6.01. The van der Waals surface area contributed by atoms with Gasteiger partial charge in [0, 0.05) is 24.7 Å². The molecule has 1 aromatic rings. The van der Waals surface area contributed by atoms with Crippen molar-refractivity contribution in [2.24, 2.45) is 5.92 Å². The lowest BCUT2D eigenvalue weighted by atomic mass is 9.88. The summed E-state index contributed by atoms with van der Waals surface area (Å²) in [4.78, 5) is 28.8. The van der Waals surface area contributed by atoms with Crippen molar-refractivity contribution in [2.75, 3.05) is 31.1 Å². The minimum atomic E-state index is -0.309. The van der Waals surface area contributed by atoms with Gasteiger partial charge in [-0.2, -0.15) is 0 Å². The van der Waals surface area contributed by atoms with Crippen LogP contribution < -0.4 is 4.90 Å². The molecule has 5 heteroatoms. The first-order valence-electron chi connectivity index (χ1n) is 9.45. The Hall–Kier alpha value is -1.88. The van der Waals surface area contributed by atoms with E-state index in [4.69, 9.17) is 4.74 Å². The first kappa shape index (κ1) is 16.6. The molecule has 2 aliphatic heterocycles. The molecular formula is C20H26N2O3. The number of morpholine rings is 1. The fraction of sp³-hybridized carbons (Fsp3) is 0.600. The van der Waals surface area contributed by atoms with E-state index in [0.717, 1.165) is 44.5 Å². The van der Waals surface area contributed by atoms with Gasteiger partial charge in [0.1, 0.15) is 6.61 Å². The van der Waals surface area contributed by atoms with Crippen LogP contribution in [0.5, 0.6) is 0 Å². The summed E-state index contributed by atoms with van der Waals surface area (Å²) in [6.07, 6.45) is 6.08. The van der Waals surface area contributed by atoms with Crippen molar-refractivity contribution in [3.05, 3.63) is 30.3 Å². The van der Waals surface area contributed by atoms with Gasteiger partial charge in [-0.05, 0) is 37.8 Å². The number of rotatable bonds is 2. The van der Waals surface area contributed by atoms with Crippen LogP contribution in [0.2, 0.25) is 0 Å². The average molecular weight is 342 g/mol. The second-order valence-corrected chi connectivity index (χ2v) is 7.59. The number of amides is 2. The molecule has 2 amide bonds. The molecule has 4 rings (SSSR count). The fourth-order valence-corrected chi connectivity index (χ4v) is 4.43. The second kappa shape index (κ2) is 6.79. The van der Waals surface area contributed by atoms with E-state index in [1.165, 1.54) is 12.8 Å². The zero-order valence-corrected chi connectivity index (χ0v) is 14.7. The number of benzene rings is 1. The summed E-state index contributed by atoms with van der Waals surface area (Å²) in [5.74, 6) is 0.587. The number of piperidine rings is 1. The highest BCUT2D eigenvalue weighted by Crippen LogP contribution is 2.34. The van der Waals surface area contributed by atoms with E-state index in [0.29, 0.717) is 12.5 Å². The van der Waals surface area contributed by atoms with Gasteiger partial charge < -0.3 is 14.5 Å². The van der Waals surface area contributed by atoms with Crippen molar-refractivity contribution in [2.45, 2.75) is 44.1 Å². The van der Waals surface area contributed by atoms with Crippen LogP contribution in [0.15, 0.2) is 30.3 Å². The number of hydrogen-bond acceptors (Lipinski definition) is 3. The van der Waals surface area contributed by atoms with Crippen molar-refractivity contribution < 1.29 is 14.3 Å². The van der Waals surface area contributed by atoms with Crippen LogP contribution in [-0.2, 0) is 14.3 Å². The molecule has 0 aromatic heterocycles. The second-order valence-electron chi connectivity index (χ2n) is 7.59. The summed E-state index contributed by atoms with van der Waals surface area (Å²) in [5, 5.41) is 0. The molecule has 5 nitrogen and oxygen atoms in total. The first-order chi connectivity index (χ1) is 12.2. The molecule has 1 aromatic carbocycles. The molecule has 0 N–H and O–H groups in total. The monoisotopic (exact) mass is 342 g/mol. The maximum atomic E-state index is 12.6. The normalized spacial score (nSPS) is 24.1. The molecule has 1 saturated carbocycles. The molecule has 25 heavy (non-hydrogen) atoms. The third kappa shape index (κ3) is 3.30. The van der Waals surface area contributed by atoms with Gasteiger partial charge in [-0.1, -0.05) is 31.0 Å². The molecule has 1 aliphatic carbocycles.